The van der Waals surface area contributed by atoms with Gasteiger partial charge in [-0.15, -0.1) is 24.0 Å². The predicted octanol–water partition coefficient (Wildman–Crippen LogP) is 2.97. The molecule has 32 heavy (non-hydrogen) atoms. The number of aliphatic imine (C=N–C) groups is 1. The molecule has 0 radical (unpaired) electrons. The van der Waals surface area contributed by atoms with Gasteiger partial charge in [-0.3, -0.25) is 4.99 Å². The normalized spacial score (nSPS) is 12.1. The number of rotatable bonds is 8. The molecule has 2 N–H and O–H groups in total. The lowest BCUT2D eigenvalue weighted by Crippen LogP contribution is -2.37. The van der Waals surface area contributed by atoms with Crippen molar-refractivity contribution >= 4 is 51.0 Å². The van der Waals surface area contributed by atoms with E-state index in [1.54, 1.807) is 19.2 Å². The molecule has 1 heterocycles. The van der Waals surface area contributed by atoms with E-state index in [0.29, 0.717) is 12.5 Å². The molecule has 0 bridgehead atoms. The third kappa shape index (κ3) is 6.20. The average Bonchev–Trinajstić information content (AvgIpc) is 3.08. The van der Waals surface area contributed by atoms with Crippen LogP contribution in [0.15, 0.2) is 58.4 Å². The molecule has 1 aromatic heterocycles. The molecule has 10 heteroatoms. The molecule has 0 spiro atoms. The fourth-order valence-electron chi connectivity index (χ4n) is 3.32. The molecule has 0 saturated heterocycles. The molecule has 3 aromatic rings. The van der Waals surface area contributed by atoms with Crippen LogP contribution in [-0.2, 0) is 23.1 Å². The van der Waals surface area contributed by atoms with E-state index in [1.807, 2.05) is 37.3 Å². The minimum absolute atomic E-state index is 0. The molecule has 0 aliphatic rings. The van der Waals surface area contributed by atoms with Gasteiger partial charge in [0.1, 0.15) is 5.82 Å². The molecule has 0 amide bonds. The summed E-state index contributed by atoms with van der Waals surface area (Å²) in [5, 5.41) is 6.58. The second-order valence-electron chi connectivity index (χ2n) is 7.44. The van der Waals surface area contributed by atoms with Crippen LogP contribution in [0.3, 0.4) is 0 Å². The molecular formula is C22H31IN6O2S. The Hall–Kier alpha value is -2.18. The second kappa shape index (κ2) is 11.6. The first-order valence-electron chi connectivity index (χ1n) is 10.2. The van der Waals surface area contributed by atoms with Crippen LogP contribution in [0.1, 0.15) is 17.8 Å². The molecule has 0 atom stereocenters. The Kier molecular flexibility index (Phi) is 9.47. The van der Waals surface area contributed by atoms with Gasteiger partial charge < -0.3 is 15.2 Å². The van der Waals surface area contributed by atoms with Gasteiger partial charge in [-0.1, -0.05) is 24.3 Å². The molecule has 0 aliphatic carbocycles. The lowest BCUT2D eigenvalue weighted by molar-refractivity contribution is 0.520. The quantitative estimate of drug-likeness (QED) is 0.188. The summed E-state index contributed by atoms with van der Waals surface area (Å²) < 4.78 is 27.8. The summed E-state index contributed by atoms with van der Waals surface area (Å²) in [6, 6.07) is 15.0. The van der Waals surface area contributed by atoms with E-state index >= 15 is 0 Å². The summed E-state index contributed by atoms with van der Waals surface area (Å²) in [5.74, 6) is 1.72. The number of hydrogen-bond donors (Lipinski definition) is 2. The topological polar surface area (TPSA) is 91.6 Å². The maximum atomic E-state index is 12.2. The monoisotopic (exact) mass is 570 g/mol. The highest BCUT2D eigenvalue weighted by Gasteiger charge is 2.16. The third-order valence-electron chi connectivity index (χ3n) is 5.08. The first kappa shape index (κ1) is 26.1. The van der Waals surface area contributed by atoms with Gasteiger partial charge in [0.15, 0.2) is 5.96 Å². The Morgan fingerprint density at radius 3 is 2.44 bits per heavy atom. The fourth-order valence-corrected chi connectivity index (χ4v) is 4.22. The summed E-state index contributed by atoms with van der Waals surface area (Å²) in [6.45, 7) is 4.22. The zero-order chi connectivity index (χ0) is 22.4. The maximum Gasteiger partial charge on any atom is 0.242 e. The first-order valence-corrected chi connectivity index (χ1v) is 11.6. The van der Waals surface area contributed by atoms with Crippen LogP contribution >= 0.6 is 24.0 Å². The molecule has 0 unspecified atom stereocenters. The van der Waals surface area contributed by atoms with E-state index in [1.165, 1.54) is 18.4 Å². The van der Waals surface area contributed by atoms with E-state index in [-0.39, 0.29) is 28.9 Å². The van der Waals surface area contributed by atoms with Gasteiger partial charge in [0, 0.05) is 40.8 Å². The number of sulfonamides is 1. The van der Waals surface area contributed by atoms with Crippen LogP contribution in [0.25, 0.3) is 11.0 Å². The number of nitrogens with one attached hydrogen (secondary N) is 2. The van der Waals surface area contributed by atoms with Crippen LogP contribution in [-0.4, -0.2) is 55.9 Å². The zero-order valence-electron chi connectivity index (χ0n) is 18.9. The van der Waals surface area contributed by atoms with Crippen molar-refractivity contribution in [1.29, 1.82) is 0 Å². The van der Waals surface area contributed by atoms with Crippen molar-refractivity contribution in [2.24, 2.45) is 4.99 Å². The number of fused-ring (bicyclic) bond motifs is 1. The zero-order valence-corrected chi connectivity index (χ0v) is 22.0. The molecule has 2 aromatic carbocycles. The number of para-hydroxylation sites is 2. The van der Waals surface area contributed by atoms with E-state index in [4.69, 9.17) is 0 Å². The van der Waals surface area contributed by atoms with Gasteiger partial charge in [-0.2, -0.15) is 0 Å². The Bertz CT molecular complexity index is 1160. The van der Waals surface area contributed by atoms with Gasteiger partial charge in [-0.05, 0) is 43.2 Å². The summed E-state index contributed by atoms with van der Waals surface area (Å²) in [4.78, 5) is 9.14. The summed E-state index contributed by atoms with van der Waals surface area (Å²) in [7, 11) is 1.37. The van der Waals surface area contributed by atoms with Gasteiger partial charge in [0.2, 0.25) is 10.0 Å². The fraction of sp³-hybridized carbons (Fsp3) is 0.364. The van der Waals surface area contributed by atoms with Crippen LogP contribution in [0, 0.1) is 6.92 Å². The summed E-state index contributed by atoms with van der Waals surface area (Å²) in [6.07, 6.45) is 0.930. The molecule has 174 valence electrons. The number of aromatic nitrogens is 2. The molecular weight excluding hydrogens is 539 g/mol. The Morgan fingerprint density at radius 2 is 1.78 bits per heavy atom. The number of halogens is 1. The van der Waals surface area contributed by atoms with Crippen molar-refractivity contribution in [2.45, 2.75) is 31.3 Å². The van der Waals surface area contributed by atoms with Crippen molar-refractivity contribution in [1.82, 2.24) is 24.5 Å². The van der Waals surface area contributed by atoms with Crippen molar-refractivity contribution < 1.29 is 8.42 Å². The highest BCUT2D eigenvalue weighted by Crippen LogP contribution is 2.16. The SMILES string of the molecule is CN=C(NCCCn1c(C)nc2ccccc21)NCc1ccc(S(=O)(=O)N(C)C)cc1.I. The van der Waals surface area contributed by atoms with Crippen LogP contribution < -0.4 is 10.6 Å². The third-order valence-corrected chi connectivity index (χ3v) is 6.91. The highest BCUT2D eigenvalue weighted by atomic mass is 127. The summed E-state index contributed by atoms with van der Waals surface area (Å²) >= 11 is 0. The van der Waals surface area contributed by atoms with Gasteiger partial charge in [-0.25, -0.2) is 17.7 Å². The van der Waals surface area contributed by atoms with Gasteiger partial charge in [0.05, 0.1) is 15.9 Å². The van der Waals surface area contributed by atoms with Crippen molar-refractivity contribution in [3.8, 4) is 0 Å². The van der Waals surface area contributed by atoms with E-state index in [0.717, 1.165) is 41.9 Å². The largest absolute Gasteiger partial charge is 0.356 e. The van der Waals surface area contributed by atoms with Crippen molar-refractivity contribution in [3.05, 3.63) is 59.9 Å². The van der Waals surface area contributed by atoms with Crippen LogP contribution in [0.4, 0.5) is 0 Å². The molecule has 0 aliphatic heterocycles. The number of guanidine groups is 1. The van der Waals surface area contributed by atoms with E-state index < -0.39 is 10.0 Å². The Labute approximate surface area is 207 Å². The minimum Gasteiger partial charge on any atom is -0.356 e. The number of imidazole rings is 1. The summed E-state index contributed by atoms with van der Waals surface area (Å²) in [5.41, 5.74) is 3.15. The standard InChI is InChI=1S/C22H30N6O2S.HI/c1-17-26-20-8-5-6-9-21(20)28(17)15-7-14-24-22(23-2)25-16-18-10-12-19(13-11-18)31(29,30)27(3)4;/h5-6,8-13H,7,14-16H2,1-4H3,(H2,23,24,25);1H. The molecule has 8 nitrogen and oxygen atoms in total. The van der Waals surface area contributed by atoms with Crippen molar-refractivity contribution in [2.75, 3.05) is 27.7 Å². The second-order valence-corrected chi connectivity index (χ2v) is 9.59. The molecule has 0 saturated carbocycles. The lowest BCUT2D eigenvalue weighted by atomic mass is 10.2. The average molecular weight is 571 g/mol. The van der Waals surface area contributed by atoms with Crippen LogP contribution in [0.2, 0.25) is 0 Å². The molecule has 3 rings (SSSR count). The Balaban J connectivity index is 0.00000363. The molecule has 0 fully saturated rings. The van der Waals surface area contributed by atoms with Gasteiger partial charge >= 0.3 is 0 Å². The number of nitrogens with zero attached hydrogens (tertiary/aromatic N) is 4. The number of benzene rings is 2. The van der Waals surface area contributed by atoms with E-state index in [2.05, 4.69) is 31.2 Å². The minimum atomic E-state index is -3.41. The van der Waals surface area contributed by atoms with Crippen LogP contribution in [0.5, 0.6) is 0 Å². The maximum absolute atomic E-state index is 12.2. The highest BCUT2D eigenvalue weighted by molar-refractivity contribution is 14.0. The van der Waals surface area contributed by atoms with Gasteiger partial charge in [0.25, 0.3) is 0 Å². The lowest BCUT2D eigenvalue weighted by Gasteiger charge is -2.14. The predicted molar refractivity (Wildman–Crippen MR) is 140 cm³/mol. The van der Waals surface area contributed by atoms with E-state index in [9.17, 15) is 8.42 Å². The Morgan fingerprint density at radius 1 is 1.09 bits per heavy atom. The smallest absolute Gasteiger partial charge is 0.242 e. The van der Waals surface area contributed by atoms with Crippen molar-refractivity contribution in [3.63, 3.8) is 0 Å². The first-order chi connectivity index (χ1) is 14.8. The number of hydrogen-bond acceptors (Lipinski definition) is 4. The number of aryl methyl sites for hydroxylation is 2.